The summed E-state index contributed by atoms with van der Waals surface area (Å²) in [4.78, 5) is 187. The van der Waals surface area contributed by atoms with Crippen molar-refractivity contribution in [3.8, 4) is 11.8 Å². The minimum Gasteiger partial charge on any atom is -0.481 e. The van der Waals surface area contributed by atoms with Crippen molar-refractivity contribution in [2.45, 2.75) is 192 Å². The van der Waals surface area contributed by atoms with Gasteiger partial charge in [-0.05, 0) is 137 Å². The van der Waals surface area contributed by atoms with Crippen molar-refractivity contribution < 1.29 is 114 Å². The van der Waals surface area contributed by atoms with Gasteiger partial charge in [0, 0.05) is 94.0 Å². The molecule has 1 saturated heterocycles. The van der Waals surface area contributed by atoms with Gasteiger partial charge in [-0.3, -0.25) is 57.2 Å². The van der Waals surface area contributed by atoms with E-state index in [0.29, 0.717) is 81.6 Å². The van der Waals surface area contributed by atoms with Crippen LogP contribution in [0.2, 0.25) is 0 Å². The molecule has 114 heavy (non-hydrogen) atoms. The topological polar surface area (TPSA) is 549 Å². The molecule has 2 aromatic carbocycles. The highest BCUT2D eigenvalue weighted by Gasteiger charge is 2.43. The van der Waals surface area contributed by atoms with Crippen LogP contribution in [0.4, 0.5) is 5.82 Å². The number of carbonyl (C=O) groups excluding carboxylic acids is 7. The molecule has 41 heteroatoms. The molecule has 1 aliphatic heterocycles. The normalized spacial score (nSPS) is 17.9. The number of nitrogen functional groups attached to an aromatic ring is 1. The van der Waals surface area contributed by atoms with Gasteiger partial charge in [0.1, 0.15) is 30.2 Å². The molecule has 36 nitrogen and oxygen atoms in total. The predicted octanol–water partition coefficient (Wildman–Crippen LogP) is 6.17. The summed E-state index contributed by atoms with van der Waals surface area (Å²) in [5, 5.41) is 43.1. The summed E-state index contributed by atoms with van der Waals surface area (Å²) >= 11 is 0. The fraction of sp³-hybridized carbons (Fsp3) is 0.548. The molecular weight excluding hydrogens is 1590 g/mol. The van der Waals surface area contributed by atoms with E-state index in [2.05, 4.69) is 108 Å². The average molecular weight is 1690 g/mol. The first-order valence-electron chi connectivity index (χ1n) is 37.3. The standard InChI is InChI=1S/C73H102N11O25P3S2/c1-6-19-47-38-49-39-50-40-57(75-7-2)46(4)37-55(50)67(54(49)36-45(47)3)52-21-12-13-22-53(52)71(95)83(5)33-17-26-60(85)76-30-14-8-10-24-62(87)79-56(69(93)78-31-15-9-11-25-63(88)80-58(41-65(89)90)70(94)81-59(72(96)97)42-66(91)92)23-18-34-113-114-35-29-61(86)77-32-16-20-48-43-84(73(98)82-68(48)74)64-28-27-51(107-64)44-106-111(102,103)109-112(104,105)108-110(99,100)101/h12-13,21-22,36-38,40,43,51,55-56,58-59,64,67H,6-11,14-15,17-19,23-35,39,41-42,44H2,1-5H3,(H,76,85)(H,77,86)(H,78,93)(H,79,87)(H,80,88)(H,81,94)(H,89,90)(H,91,92)(H,96,97)(H,102,103)(H,104,105)(H2,74,82,98)(H2,99,100,101)/b75-57+/t51-,55?,56?,58?,59?,64+,67?/m0/s1. The third kappa shape index (κ3) is 32.0. The number of aromatic nitrogens is 2. The number of phosphoric acid groups is 3. The van der Waals surface area contributed by atoms with Gasteiger partial charge in [-0.2, -0.15) is 13.6 Å². The molecule has 3 aromatic rings. The van der Waals surface area contributed by atoms with Crippen LogP contribution in [0.15, 0.2) is 75.7 Å². The minimum absolute atomic E-state index is 0.0431. The van der Waals surface area contributed by atoms with E-state index in [4.69, 9.17) is 30.4 Å². The summed E-state index contributed by atoms with van der Waals surface area (Å²) in [7, 11) is -12.2. The number of phosphoric ester groups is 1. The van der Waals surface area contributed by atoms with Crippen LogP contribution in [0.5, 0.6) is 0 Å². The number of nitrogens with zero attached hydrogens (tertiary/aromatic N) is 4. The number of unbranched alkanes of at least 4 members (excludes halogenated alkanes) is 4. The Hall–Kier alpha value is -8.40. The molecule has 6 rings (SSSR count). The molecule has 0 saturated carbocycles. The highest BCUT2D eigenvalue weighted by molar-refractivity contribution is 8.76. The molecule has 0 spiro atoms. The van der Waals surface area contributed by atoms with Gasteiger partial charge in [0.15, 0.2) is 0 Å². The van der Waals surface area contributed by atoms with Crippen LogP contribution in [-0.4, -0.2) is 196 Å². The number of carbonyl (C=O) groups is 10. The molecule has 15 N–H and O–H groups in total. The lowest BCUT2D eigenvalue weighted by Gasteiger charge is -2.38. The number of rotatable bonds is 48. The van der Waals surface area contributed by atoms with E-state index in [1.54, 1.807) is 11.9 Å². The van der Waals surface area contributed by atoms with Crippen LogP contribution in [-0.2, 0) is 87.6 Å². The van der Waals surface area contributed by atoms with Crippen LogP contribution in [0, 0.1) is 24.7 Å². The zero-order valence-corrected chi connectivity index (χ0v) is 68.4. The highest BCUT2D eigenvalue weighted by atomic mass is 33.1. The maximum atomic E-state index is 14.5. The fourth-order valence-electron chi connectivity index (χ4n) is 12.9. The molecule has 1 aromatic heterocycles. The summed E-state index contributed by atoms with van der Waals surface area (Å²) in [6.45, 7) is 9.13. The van der Waals surface area contributed by atoms with Crippen molar-refractivity contribution in [1.29, 1.82) is 0 Å². The molecular formula is C73H102N11O25P3S2. The third-order valence-corrected chi connectivity index (χ3v) is 24.7. The maximum absolute atomic E-state index is 14.5. The molecule has 2 aliphatic carbocycles. The van der Waals surface area contributed by atoms with Crippen LogP contribution < -0.4 is 43.3 Å². The monoisotopic (exact) mass is 1690 g/mol. The van der Waals surface area contributed by atoms with Crippen LogP contribution in [0.3, 0.4) is 0 Å². The van der Waals surface area contributed by atoms with Crippen molar-refractivity contribution >= 4 is 116 Å². The van der Waals surface area contributed by atoms with Gasteiger partial charge in [-0.15, -0.1) is 0 Å². The largest absolute Gasteiger partial charge is 0.490 e. The van der Waals surface area contributed by atoms with Crippen LogP contribution in [0.25, 0.3) is 0 Å². The first-order chi connectivity index (χ1) is 54.0. The van der Waals surface area contributed by atoms with E-state index in [1.165, 1.54) is 55.6 Å². The summed E-state index contributed by atoms with van der Waals surface area (Å²) in [6.07, 6.45) is 8.81. The van der Waals surface area contributed by atoms with E-state index >= 15 is 0 Å². The Morgan fingerprint density at radius 1 is 0.746 bits per heavy atom. The number of fused-ring (bicyclic) bond motifs is 2. The van der Waals surface area contributed by atoms with Gasteiger partial charge >= 0.3 is 47.1 Å². The smallest absolute Gasteiger partial charge is 0.481 e. The Bertz CT molecular complexity index is 4330. The molecule has 7 amide bonds. The number of allylic oxidation sites excluding steroid dienone is 4. The SMILES string of the molecule is CCCc1cc2c(cc1C)C(c1ccccc1C(=O)N(C)CCCC(=O)NCCCCCC(=O)NC(CCCSSCCC(=O)NCC#Cc1cn([C@H]3CC[C@@H](COP(=O)(O)OP(=O)(O)OP(=O)(O)O)O3)c(=O)nc1N)C(=O)NCCCCCC(=O)NC(CC(=O)O)C(=O)NC(CC(=O)O)C(=O)O)C1C=C(C)/C(=N/CC)C=C1C2. The summed E-state index contributed by atoms with van der Waals surface area (Å²) in [5.74, 6) is -2.10. The number of aliphatic imine (C=N–C) groups is 1. The lowest BCUT2D eigenvalue weighted by atomic mass is 9.65. The quantitative estimate of drug-likeness (QED) is 0.0130. The number of anilines is 1. The fourth-order valence-corrected chi connectivity index (χ4v) is 18.1. The van der Waals surface area contributed by atoms with Crippen molar-refractivity contribution in [2.75, 3.05) is 63.6 Å². The zero-order valence-electron chi connectivity index (χ0n) is 64.0. The number of nitrogens with two attached hydrogens (primary N) is 1. The molecule has 0 bridgehead atoms. The molecule has 3 aliphatic rings. The van der Waals surface area contributed by atoms with E-state index in [1.807, 2.05) is 30.4 Å². The summed E-state index contributed by atoms with van der Waals surface area (Å²) in [6, 6.07) is 7.98. The third-order valence-electron chi connectivity index (χ3n) is 18.4. The number of hydrogen-bond acceptors (Lipinski definition) is 23. The van der Waals surface area contributed by atoms with Crippen molar-refractivity contribution in [2.24, 2.45) is 10.9 Å². The number of aryl methyl sites for hydroxylation is 2. The predicted molar refractivity (Wildman–Crippen MR) is 422 cm³/mol. The number of nitrogens with one attached hydrogen (secondary N) is 6. The second-order valence-electron chi connectivity index (χ2n) is 27.4. The summed E-state index contributed by atoms with van der Waals surface area (Å²) < 4.78 is 53.5. The number of aliphatic carboxylic acids is 3. The van der Waals surface area contributed by atoms with Gasteiger partial charge in [-0.1, -0.05) is 102 Å². The average Bonchev–Trinajstić information content (AvgIpc) is 0.821. The number of amides is 7. The molecule has 9 atom stereocenters. The lowest BCUT2D eigenvalue weighted by molar-refractivity contribution is -0.148. The van der Waals surface area contributed by atoms with Crippen LogP contribution in [0.1, 0.15) is 192 Å². The first kappa shape index (κ1) is 94.5. The van der Waals surface area contributed by atoms with Crippen molar-refractivity contribution in [3.63, 3.8) is 0 Å². The Labute approximate surface area is 667 Å². The van der Waals surface area contributed by atoms with Crippen LogP contribution >= 0.6 is 45.1 Å². The number of hydrogen-bond donors (Lipinski definition) is 14. The Balaban J connectivity index is 0.940. The van der Waals surface area contributed by atoms with Gasteiger partial charge < -0.3 is 82.2 Å². The summed E-state index contributed by atoms with van der Waals surface area (Å²) in [5.41, 5.74) is 15.2. The Kier molecular flexibility index (Phi) is 38.4. The molecule has 7 unspecified atom stereocenters. The van der Waals surface area contributed by atoms with E-state index in [9.17, 15) is 86.4 Å². The maximum Gasteiger partial charge on any atom is 0.490 e. The van der Waals surface area contributed by atoms with Crippen molar-refractivity contribution in [1.82, 2.24) is 46.4 Å². The van der Waals surface area contributed by atoms with E-state index in [-0.39, 0.29) is 111 Å². The highest BCUT2D eigenvalue weighted by Crippen LogP contribution is 2.66. The number of carboxylic acids is 3. The Morgan fingerprint density at radius 2 is 1.39 bits per heavy atom. The molecule has 2 heterocycles. The zero-order chi connectivity index (χ0) is 83.9. The number of benzene rings is 2. The Morgan fingerprint density at radius 3 is 2.06 bits per heavy atom. The van der Waals surface area contributed by atoms with Gasteiger partial charge in [0.05, 0.1) is 43.4 Å². The molecule has 1 fully saturated rings. The lowest BCUT2D eigenvalue weighted by Crippen LogP contribution is -2.52. The second kappa shape index (κ2) is 46.4. The van der Waals surface area contributed by atoms with Gasteiger partial charge in [-0.25, -0.2) is 23.3 Å². The number of ether oxygens (including phenoxy) is 1. The van der Waals surface area contributed by atoms with Gasteiger partial charge in [0.2, 0.25) is 35.4 Å². The van der Waals surface area contributed by atoms with E-state index in [0.717, 1.165) is 40.7 Å². The second-order valence-corrected chi connectivity index (χ2v) is 34.5. The van der Waals surface area contributed by atoms with Gasteiger partial charge in [0.25, 0.3) is 5.91 Å². The van der Waals surface area contributed by atoms with E-state index < -0.39 is 115 Å². The minimum atomic E-state index is -5.75. The van der Waals surface area contributed by atoms with Crippen molar-refractivity contribution in [3.05, 3.63) is 115 Å². The molecule has 0 radical (unpaired) electrons. The molecule has 626 valence electrons. The first-order valence-corrected chi connectivity index (χ1v) is 44.3. The number of carboxylic acid groups (broad SMARTS) is 3.